The van der Waals surface area contributed by atoms with Crippen molar-refractivity contribution >= 4 is 11.9 Å². The van der Waals surface area contributed by atoms with Crippen molar-refractivity contribution in [3.05, 3.63) is 23.8 Å². The Kier molecular flexibility index (Phi) is 6.52. The highest BCUT2D eigenvalue weighted by atomic mass is 16.5. The monoisotopic (exact) mass is 295 g/mol. The van der Waals surface area contributed by atoms with E-state index in [-0.39, 0.29) is 12.5 Å². The van der Waals surface area contributed by atoms with Gasteiger partial charge in [0.2, 0.25) is 0 Å². The topological polar surface area (TPSA) is 84.9 Å². The highest BCUT2D eigenvalue weighted by molar-refractivity contribution is 5.97. The summed E-state index contributed by atoms with van der Waals surface area (Å²) in [6.45, 7) is 1.99. The number of rotatable bonds is 8. The summed E-state index contributed by atoms with van der Waals surface area (Å²) in [6, 6.07) is 4.88. The molecule has 2 N–H and O–H groups in total. The molecule has 1 unspecified atom stereocenters. The number of aliphatic carboxylic acids is 1. The van der Waals surface area contributed by atoms with E-state index in [1.54, 1.807) is 18.2 Å². The van der Waals surface area contributed by atoms with Gasteiger partial charge >= 0.3 is 5.97 Å². The highest BCUT2D eigenvalue weighted by Crippen LogP contribution is 2.23. The largest absolute Gasteiger partial charge is 0.497 e. The maximum absolute atomic E-state index is 12.2. The molecule has 1 aromatic rings. The molecule has 0 aliphatic heterocycles. The summed E-state index contributed by atoms with van der Waals surface area (Å²) in [4.78, 5) is 23.3. The standard InChI is InChI=1S/C15H21NO5/c1-4-5-10(15(18)19)9-16-14(17)12-8-11(20-2)6-7-13(12)21-3/h6-8,10H,4-5,9H2,1-3H3,(H,16,17)(H,18,19). The van der Waals surface area contributed by atoms with Crippen molar-refractivity contribution in [1.29, 1.82) is 0 Å². The van der Waals surface area contributed by atoms with Gasteiger partial charge in [0.25, 0.3) is 5.91 Å². The van der Waals surface area contributed by atoms with Gasteiger partial charge in [0, 0.05) is 6.54 Å². The highest BCUT2D eigenvalue weighted by Gasteiger charge is 2.19. The molecule has 1 aromatic carbocycles. The van der Waals surface area contributed by atoms with Gasteiger partial charge in [0.15, 0.2) is 0 Å². The molecular formula is C15H21NO5. The lowest BCUT2D eigenvalue weighted by Gasteiger charge is -2.14. The Labute approximate surface area is 124 Å². The Bertz CT molecular complexity index is 501. The van der Waals surface area contributed by atoms with E-state index < -0.39 is 11.9 Å². The third kappa shape index (κ3) is 4.66. The molecule has 0 saturated heterocycles. The van der Waals surface area contributed by atoms with Gasteiger partial charge in [0.05, 0.1) is 25.7 Å². The summed E-state index contributed by atoms with van der Waals surface area (Å²) >= 11 is 0. The van der Waals surface area contributed by atoms with Crippen molar-refractivity contribution in [2.45, 2.75) is 19.8 Å². The number of ether oxygens (including phenoxy) is 2. The van der Waals surface area contributed by atoms with Crippen LogP contribution in [0.25, 0.3) is 0 Å². The van der Waals surface area contributed by atoms with Crippen LogP contribution in [0.4, 0.5) is 0 Å². The van der Waals surface area contributed by atoms with Crippen LogP contribution in [0.2, 0.25) is 0 Å². The number of amides is 1. The van der Waals surface area contributed by atoms with Crippen molar-refractivity contribution in [2.24, 2.45) is 5.92 Å². The van der Waals surface area contributed by atoms with E-state index in [0.29, 0.717) is 23.5 Å². The van der Waals surface area contributed by atoms with Crippen LogP contribution in [-0.2, 0) is 4.79 Å². The first-order valence-corrected chi connectivity index (χ1v) is 6.76. The van der Waals surface area contributed by atoms with E-state index in [0.717, 1.165) is 6.42 Å². The number of carboxylic acid groups (broad SMARTS) is 1. The number of nitrogens with one attached hydrogen (secondary N) is 1. The molecule has 21 heavy (non-hydrogen) atoms. The fourth-order valence-corrected chi connectivity index (χ4v) is 1.96. The Morgan fingerprint density at radius 1 is 1.29 bits per heavy atom. The summed E-state index contributed by atoms with van der Waals surface area (Å²) in [6.07, 6.45) is 1.26. The van der Waals surface area contributed by atoms with Crippen LogP contribution < -0.4 is 14.8 Å². The molecule has 1 atom stereocenters. The van der Waals surface area contributed by atoms with Crippen LogP contribution in [-0.4, -0.2) is 37.7 Å². The van der Waals surface area contributed by atoms with Crippen molar-refractivity contribution < 1.29 is 24.2 Å². The van der Waals surface area contributed by atoms with E-state index in [9.17, 15) is 9.59 Å². The van der Waals surface area contributed by atoms with Gasteiger partial charge in [-0.2, -0.15) is 0 Å². The molecule has 0 fully saturated rings. The number of hydrogen-bond donors (Lipinski definition) is 2. The minimum Gasteiger partial charge on any atom is -0.497 e. The van der Waals surface area contributed by atoms with Gasteiger partial charge in [-0.05, 0) is 24.6 Å². The normalized spacial score (nSPS) is 11.6. The fourth-order valence-electron chi connectivity index (χ4n) is 1.96. The lowest BCUT2D eigenvalue weighted by molar-refractivity contribution is -0.141. The number of benzene rings is 1. The zero-order valence-electron chi connectivity index (χ0n) is 12.5. The maximum atomic E-state index is 12.2. The minimum atomic E-state index is -0.908. The number of hydrogen-bond acceptors (Lipinski definition) is 4. The molecule has 0 aromatic heterocycles. The first kappa shape index (κ1) is 16.8. The summed E-state index contributed by atoms with van der Waals surface area (Å²) in [5.74, 6) is -0.932. The molecule has 1 amide bonds. The molecule has 0 aliphatic rings. The zero-order chi connectivity index (χ0) is 15.8. The number of methoxy groups -OCH3 is 2. The number of carboxylic acids is 1. The molecule has 0 saturated carbocycles. The first-order valence-electron chi connectivity index (χ1n) is 6.76. The zero-order valence-corrected chi connectivity index (χ0v) is 12.5. The molecule has 116 valence electrons. The third-order valence-electron chi connectivity index (χ3n) is 3.15. The Morgan fingerprint density at radius 2 is 2.00 bits per heavy atom. The quantitative estimate of drug-likeness (QED) is 0.765. The average Bonchev–Trinajstić information content (AvgIpc) is 2.50. The molecule has 0 heterocycles. The lowest BCUT2D eigenvalue weighted by Crippen LogP contribution is -2.33. The van der Waals surface area contributed by atoms with Gasteiger partial charge < -0.3 is 19.9 Å². The predicted molar refractivity (Wildman–Crippen MR) is 77.9 cm³/mol. The molecule has 0 radical (unpaired) electrons. The van der Waals surface area contributed by atoms with E-state index in [2.05, 4.69) is 5.32 Å². The summed E-state index contributed by atoms with van der Waals surface area (Å²) < 4.78 is 10.2. The van der Waals surface area contributed by atoms with Crippen molar-refractivity contribution in [3.63, 3.8) is 0 Å². The molecule has 0 aliphatic carbocycles. The number of carbonyl (C=O) groups excluding carboxylic acids is 1. The van der Waals surface area contributed by atoms with Gasteiger partial charge in [0.1, 0.15) is 11.5 Å². The molecule has 0 spiro atoms. The van der Waals surface area contributed by atoms with E-state index in [1.807, 2.05) is 6.92 Å². The maximum Gasteiger partial charge on any atom is 0.308 e. The second-order valence-electron chi connectivity index (χ2n) is 4.60. The van der Waals surface area contributed by atoms with Crippen LogP contribution in [0.3, 0.4) is 0 Å². The van der Waals surface area contributed by atoms with Crippen molar-refractivity contribution in [3.8, 4) is 11.5 Å². The smallest absolute Gasteiger partial charge is 0.308 e. The van der Waals surface area contributed by atoms with Crippen LogP contribution in [0, 0.1) is 5.92 Å². The van der Waals surface area contributed by atoms with Crippen LogP contribution >= 0.6 is 0 Å². The fraction of sp³-hybridized carbons (Fsp3) is 0.467. The second-order valence-corrected chi connectivity index (χ2v) is 4.60. The Morgan fingerprint density at radius 3 is 2.52 bits per heavy atom. The minimum absolute atomic E-state index is 0.0857. The van der Waals surface area contributed by atoms with Gasteiger partial charge in [-0.25, -0.2) is 0 Å². The average molecular weight is 295 g/mol. The van der Waals surface area contributed by atoms with E-state index in [1.165, 1.54) is 14.2 Å². The lowest BCUT2D eigenvalue weighted by atomic mass is 10.0. The van der Waals surface area contributed by atoms with Gasteiger partial charge in [-0.3, -0.25) is 9.59 Å². The molecule has 6 heteroatoms. The van der Waals surface area contributed by atoms with Crippen LogP contribution in [0.1, 0.15) is 30.1 Å². The van der Waals surface area contributed by atoms with Gasteiger partial charge in [-0.15, -0.1) is 0 Å². The van der Waals surface area contributed by atoms with Crippen LogP contribution in [0.5, 0.6) is 11.5 Å². The Balaban J connectivity index is 2.81. The second kappa shape index (κ2) is 8.14. The number of carbonyl (C=O) groups is 2. The molecule has 1 rings (SSSR count). The van der Waals surface area contributed by atoms with Crippen molar-refractivity contribution in [2.75, 3.05) is 20.8 Å². The Hall–Kier alpha value is -2.24. The SMILES string of the molecule is CCCC(CNC(=O)c1cc(OC)ccc1OC)C(=O)O. The summed E-state index contributed by atoms with van der Waals surface area (Å²) in [5.41, 5.74) is 0.317. The van der Waals surface area contributed by atoms with E-state index >= 15 is 0 Å². The molecule has 6 nitrogen and oxygen atoms in total. The third-order valence-corrected chi connectivity index (χ3v) is 3.15. The summed E-state index contributed by atoms with van der Waals surface area (Å²) in [7, 11) is 2.97. The molecule has 0 bridgehead atoms. The van der Waals surface area contributed by atoms with Crippen molar-refractivity contribution in [1.82, 2.24) is 5.32 Å². The van der Waals surface area contributed by atoms with E-state index in [4.69, 9.17) is 14.6 Å². The van der Waals surface area contributed by atoms with Crippen LogP contribution in [0.15, 0.2) is 18.2 Å². The predicted octanol–water partition coefficient (Wildman–Crippen LogP) is 1.93. The molecular weight excluding hydrogens is 274 g/mol. The summed E-state index contributed by atoms with van der Waals surface area (Å²) in [5, 5.41) is 11.7. The van der Waals surface area contributed by atoms with Gasteiger partial charge in [-0.1, -0.05) is 13.3 Å². The first-order chi connectivity index (χ1) is 10.0.